The Morgan fingerprint density at radius 3 is 2.53 bits per heavy atom. The number of hydrogen-bond donors (Lipinski definition) is 1. The van der Waals surface area contributed by atoms with Crippen molar-refractivity contribution < 1.29 is 14.3 Å². The molecule has 0 fully saturated rings. The summed E-state index contributed by atoms with van der Waals surface area (Å²) >= 11 is 0. The Morgan fingerprint density at radius 1 is 1.17 bits per heavy atom. The Morgan fingerprint density at radius 2 is 1.87 bits per heavy atom. The minimum Gasteiger partial charge on any atom is -0.506 e. The Bertz CT molecular complexity index is 1250. The molecular weight excluding hydrogens is 376 g/mol. The zero-order chi connectivity index (χ0) is 21.6. The summed E-state index contributed by atoms with van der Waals surface area (Å²) in [5.74, 6) is 0.464. The van der Waals surface area contributed by atoms with Gasteiger partial charge in [-0.3, -0.25) is 4.79 Å². The average Bonchev–Trinajstić information content (AvgIpc) is 2.67. The van der Waals surface area contributed by atoms with E-state index in [1.54, 1.807) is 0 Å². The standard InChI is InChI=1S/C26H26O4/c1-15(2)6-11-19-24-18(12-13-26(4,5)30-24)22(27)21-23(28)20(14-29-25(19)21)17-9-7-16(3)8-10-17/h6-10,12-14,27H,11H2,1-5H3. The molecule has 1 N–H and O–H groups in total. The van der Waals surface area contributed by atoms with Gasteiger partial charge in [0, 0.05) is 5.56 Å². The predicted octanol–water partition coefficient (Wildman–Crippen LogP) is 6.17. The maximum atomic E-state index is 13.4. The van der Waals surface area contributed by atoms with Crippen molar-refractivity contribution in [2.24, 2.45) is 0 Å². The van der Waals surface area contributed by atoms with Crippen molar-refractivity contribution in [2.75, 3.05) is 0 Å². The minimum absolute atomic E-state index is 0.101. The highest BCUT2D eigenvalue weighted by molar-refractivity contribution is 5.95. The van der Waals surface area contributed by atoms with Gasteiger partial charge >= 0.3 is 0 Å². The van der Waals surface area contributed by atoms with E-state index in [4.69, 9.17) is 9.15 Å². The van der Waals surface area contributed by atoms with Crippen molar-refractivity contribution >= 4 is 17.0 Å². The van der Waals surface area contributed by atoms with Gasteiger partial charge in [0.05, 0.1) is 11.1 Å². The second-order valence-electron chi connectivity index (χ2n) is 8.64. The topological polar surface area (TPSA) is 59.7 Å². The molecule has 0 spiro atoms. The number of benzene rings is 2. The first-order chi connectivity index (χ1) is 14.2. The lowest BCUT2D eigenvalue weighted by Crippen LogP contribution is -2.28. The van der Waals surface area contributed by atoms with Gasteiger partial charge in [-0.1, -0.05) is 41.5 Å². The molecule has 1 aromatic heterocycles. The second-order valence-corrected chi connectivity index (χ2v) is 8.64. The first-order valence-corrected chi connectivity index (χ1v) is 10.1. The van der Waals surface area contributed by atoms with Gasteiger partial charge in [0.25, 0.3) is 0 Å². The highest BCUT2D eigenvalue weighted by Crippen LogP contribution is 2.45. The molecule has 0 aliphatic carbocycles. The Hall–Kier alpha value is -3.27. The Labute approximate surface area is 176 Å². The third-order valence-electron chi connectivity index (χ3n) is 5.37. The quantitative estimate of drug-likeness (QED) is 0.533. The van der Waals surface area contributed by atoms with E-state index in [0.717, 1.165) is 22.3 Å². The van der Waals surface area contributed by atoms with E-state index in [0.29, 0.717) is 28.9 Å². The molecule has 4 nitrogen and oxygen atoms in total. The van der Waals surface area contributed by atoms with Crippen LogP contribution in [-0.4, -0.2) is 10.7 Å². The number of allylic oxidation sites excluding steroid dienone is 2. The molecule has 1 aliphatic heterocycles. The number of hydrogen-bond acceptors (Lipinski definition) is 4. The lowest BCUT2D eigenvalue weighted by Gasteiger charge is -2.30. The van der Waals surface area contributed by atoms with Crippen molar-refractivity contribution in [2.45, 2.75) is 46.6 Å². The van der Waals surface area contributed by atoms with Gasteiger partial charge in [-0.05, 0) is 58.8 Å². The summed E-state index contributed by atoms with van der Waals surface area (Å²) in [5.41, 5.74) is 4.32. The van der Waals surface area contributed by atoms with Crippen LogP contribution in [0.1, 0.15) is 44.4 Å². The fourth-order valence-electron chi connectivity index (χ4n) is 3.69. The maximum absolute atomic E-state index is 13.4. The van der Waals surface area contributed by atoms with Crippen LogP contribution in [-0.2, 0) is 6.42 Å². The minimum atomic E-state index is -0.519. The number of ether oxygens (including phenoxy) is 1. The van der Waals surface area contributed by atoms with E-state index in [1.165, 1.54) is 6.26 Å². The van der Waals surface area contributed by atoms with E-state index < -0.39 is 5.60 Å². The summed E-state index contributed by atoms with van der Waals surface area (Å²) in [6.45, 7) is 9.94. The van der Waals surface area contributed by atoms with Gasteiger partial charge in [-0.2, -0.15) is 0 Å². The fourth-order valence-corrected chi connectivity index (χ4v) is 3.69. The summed E-state index contributed by atoms with van der Waals surface area (Å²) in [6, 6.07) is 7.67. The zero-order valence-electron chi connectivity index (χ0n) is 18.0. The lowest BCUT2D eigenvalue weighted by molar-refractivity contribution is 0.157. The summed E-state index contributed by atoms with van der Waals surface area (Å²) in [6.07, 6.45) is 7.80. The first kappa shape index (κ1) is 20.0. The molecule has 30 heavy (non-hydrogen) atoms. The van der Waals surface area contributed by atoms with E-state index >= 15 is 0 Å². The molecular formula is C26H26O4. The number of phenolic OH excluding ortho intramolecular Hbond substituents is 1. The van der Waals surface area contributed by atoms with Crippen LogP contribution in [0.25, 0.3) is 28.2 Å². The molecule has 0 radical (unpaired) electrons. The van der Waals surface area contributed by atoms with Gasteiger partial charge in [0.2, 0.25) is 5.43 Å². The molecule has 0 unspecified atom stereocenters. The molecule has 0 bridgehead atoms. The third-order valence-corrected chi connectivity index (χ3v) is 5.37. The van der Waals surface area contributed by atoms with Gasteiger partial charge in [-0.15, -0.1) is 0 Å². The molecule has 0 saturated carbocycles. The molecule has 0 saturated heterocycles. The fraction of sp³-hybridized carbons (Fsp3) is 0.269. The molecule has 4 rings (SSSR count). The van der Waals surface area contributed by atoms with E-state index in [1.807, 2.05) is 71.0 Å². The third kappa shape index (κ3) is 3.43. The molecule has 2 aromatic carbocycles. The number of fused-ring (bicyclic) bond motifs is 2. The van der Waals surface area contributed by atoms with Crippen LogP contribution < -0.4 is 10.2 Å². The summed E-state index contributed by atoms with van der Waals surface area (Å²) < 4.78 is 12.2. The molecule has 0 amide bonds. The number of rotatable bonds is 3. The molecule has 0 atom stereocenters. The van der Waals surface area contributed by atoms with Crippen molar-refractivity contribution in [1.29, 1.82) is 0 Å². The molecule has 4 heteroatoms. The number of aryl methyl sites for hydroxylation is 1. The van der Waals surface area contributed by atoms with Crippen LogP contribution in [0.5, 0.6) is 11.5 Å². The molecule has 154 valence electrons. The van der Waals surface area contributed by atoms with Crippen LogP contribution >= 0.6 is 0 Å². The summed E-state index contributed by atoms with van der Waals surface area (Å²) in [4.78, 5) is 13.4. The van der Waals surface area contributed by atoms with Gasteiger partial charge in [0.15, 0.2) is 0 Å². The van der Waals surface area contributed by atoms with Gasteiger partial charge in [0.1, 0.15) is 34.3 Å². The zero-order valence-corrected chi connectivity index (χ0v) is 18.0. The Balaban J connectivity index is 2.05. The normalized spacial score (nSPS) is 14.3. The second kappa shape index (κ2) is 7.21. The van der Waals surface area contributed by atoms with Crippen molar-refractivity contribution in [1.82, 2.24) is 0 Å². The number of aromatic hydroxyl groups is 1. The van der Waals surface area contributed by atoms with Crippen molar-refractivity contribution in [3.8, 4) is 22.6 Å². The molecule has 3 aromatic rings. The smallest absolute Gasteiger partial charge is 0.204 e. The maximum Gasteiger partial charge on any atom is 0.204 e. The van der Waals surface area contributed by atoms with Crippen LogP contribution in [0, 0.1) is 6.92 Å². The highest BCUT2D eigenvalue weighted by Gasteiger charge is 2.30. The number of phenols is 1. The van der Waals surface area contributed by atoms with Crippen LogP contribution in [0.15, 0.2) is 57.5 Å². The monoisotopic (exact) mass is 402 g/mol. The predicted molar refractivity (Wildman–Crippen MR) is 121 cm³/mol. The van der Waals surface area contributed by atoms with E-state index in [9.17, 15) is 9.90 Å². The van der Waals surface area contributed by atoms with Crippen LogP contribution in [0.2, 0.25) is 0 Å². The molecule has 2 heterocycles. The van der Waals surface area contributed by atoms with E-state index in [-0.39, 0.29) is 16.6 Å². The highest BCUT2D eigenvalue weighted by atomic mass is 16.5. The van der Waals surface area contributed by atoms with Crippen molar-refractivity contribution in [3.63, 3.8) is 0 Å². The van der Waals surface area contributed by atoms with Crippen LogP contribution in [0.4, 0.5) is 0 Å². The SMILES string of the molecule is CC(C)=CCc1c2c(c(O)c3c(=O)c(-c4ccc(C)cc4)coc13)C=CC(C)(C)O2. The summed E-state index contributed by atoms with van der Waals surface area (Å²) in [5, 5.41) is 11.2. The lowest BCUT2D eigenvalue weighted by atomic mass is 9.93. The van der Waals surface area contributed by atoms with Gasteiger partial charge < -0.3 is 14.3 Å². The summed E-state index contributed by atoms with van der Waals surface area (Å²) in [7, 11) is 0. The average molecular weight is 402 g/mol. The van der Waals surface area contributed by atoms with Gasteiger partial charge in [-0.25, -0.2) is 0 Å². The first-order valence-electron chi connectivity index (χ1n) is 10.1. The molecule has 1 aliphatic rings. The largest absolute Gasteiger partial charge is 0.506 e. The van der Waals surface area contributed by atoms with E-state index in [2.05, 4.69) is 6.08 Å². The Kier molecular flexibility index (Phi) is 4.81. The van der Waals surface area contributed by atoms with Crippen LogP contribution in [0.3, 0.4) is 0 Å². The van der Waals surface area contributed by atoms with Crippen molar-refractivity contribution in [3.05, 3.63) is 75.2 Å².